The van der Waals surface area contributed by atoms with Gasteiger partial charge >= 0.3 is 0 Å². The Morgan fingerprint density at radius 1 is 1.06 bits per heavy atom. The van der Waals surface area contributed by atoms with Crippen LogP contribution in [0.2, 0.25) is 0 Å². The molecule has 1 amide bonds. The third kappa shape index (κ3) is 2.74. The second-order valence-corrected chi connectivity index (χ2v) is 4.58. The largest absolute Gasteiger partial charge is 0.355 e. The molecule has 0 aliphatic rings. The zero-order valence-corrected chi connectivity index (χ0v) is 11.0. The molecule has 0 aromatic heterocycles. The lowest BCUT2D eigenvalue weighted by molar-refractivity contribution is 0.0963. The van der Waals surface area contributed by atoms with E-state index in [0.29, 0.717) is 5.56 Å². The van der Waals surface area contributed by atoms with E-state index >= 15 is 0 Å². The highest BCUT2D eigenvalue weighted by Gasteiger charge is 2.04. The summed E-state index contributed by atoms with van der Waals surface area (Å²) in [4.78, 5) is 11.5. The molecule has 2 nitrogen and oxygen atoms in total. The Morgan fingerprint density at radius 3 is 2.41 bits per heavy atom. The number of benzene rings is 2. The predicted octanol–water partition coefficient (Wildman–Crippen LogP) is 3.48. The van der Waals surface area contributed by atoms with Crippen LogP contribution >= 0.6 is 15.9 Å². The first-order chi connectivity index (χ1) is 8.20. The van der Waals surface area contributed by atoms with Gasteiger partial charge in [0.25, 0.3) is 5.91 Å². The van der Waals surface area contributed by atoms with Crippen LogP contribution < -0.4 is 5.32 Å². The quantitative estimate of drug-likeness (QED) is 0.901. The van der Waals surface area contributed by atoms with Crippen LogP contribution in [0.25, 0.3) is 11.1 Å². The van der Waals surface area contributed by atoms with E-state index < -0.39 is 0 Å². The van der Waals surface area contributed by atoms with E-state index in [0.717, 1.165) is 15.6 Å². The van der Waals surface area contributed by atoms with E-state index in [1.165, 1.54) is 0 Å². The zero-order chi connectivity index (χ0) is 12.3. The Bertz CT molecular complexity index is 534. The first-order valence-corrected chi connectivity index (χ1v) is 6.08. The number of carbonyl (C=O) groups excluding carboxylic acids is 1. The lowest BCUT2D eigenvalue weighted by atomic mass is 10.0. The number of amides is 1. The molecule has 0 unspecified atom stereocenters. The summed E-state index contributed by atoms with van der Waals surface area (Å²) in [5, 5.41) is 2.62. The SMILES string of the molecule is CNC(=O)c1cccc(-c2ccc(Br)cc2)c1. The molecule has 0 saturated carbocycles. The number of halogens is 1. The van der Waals surface area contributed by atoms with Crippen molar-refractivity contribution in [1.82, 2.24) is 5.32 Å². The van der Waals surface area contributed by atoms with E-state index in [9.17, 15) is 4.79 Å². The second-order valence-electron chi connectivity index (χ2n) is 3.67. The van der Waals surface area contributed by atoms with Crippen molar-refractivity contribution in [2.45, 2.75) is 0 Å². The Labute approximate surface area is 109 Å². The van der Waals surface area contributed by atoms with Gasteiger partial charge in [-0.1, -0.05) is 40.2 Å². The fourth-order valence-electron chi connectivity index (χ4n) is 1.63. The van der Waals surface area contributed by atoms with Gasteiger partial charge in [0.05, 0.1) is 0 Å². The lowest BCUT2D eigenvalue weighted by Gasteiger charge is -2.05. The summed E-state index contributed by atoms with van der Waals surface area (Å²) in [7, 11) is 1.63. The van der Waals surface area contributed by atoms with Crippen molar-refractivity contribution in [3.63, 3.8) is 0 Å². The summed E-state index contributed by atoms with van der Waals surface area (Å²) in [5.41, 5.74) is 2.81. The molecule has 2 aromatic rings. The van der Waals surface area contributed by atoms with Gasteiger partial charge in [-0.25, -0.2) is 0 Å². The molecule has 0 aliphatic carbocycles. The fourth-order valence-corrected chi connectivity index (χ4v) is 1.89. The third-order valence-electron chi connectivity index (χ3n) is 2.53. The van der Waals surface area contributed by atoms with Crippen LogP contribution in [0.1, 0.15) is 10.4 Å². The Morgan fingerprint density at radius 2 is 1.76 bits per heavy atom. The van der Waals surface area contributed by atoms with Gasteiger partial charge in [0.2, 0.25) is 0 Å². The van der Waals surface area contributed by atoms with Gasteiger partial charge < -0.3 is 5.32 Å². The van der Waals surface area contributed by atoms with Gasteiger partial charge in [0, 0.05) is 17.1 Å². The Hall–Kier alpha value is -1.61. The van der Waals surface area contributed by atoms with Crippen molar-refractivity contribution in [2.24, 2.45) is 0 Å². The van der Waals surface area contributed by atoms with Crippen LogP contribution in [-0.2, 0) is 0 Å². The number of nitrogens with one attached hydrogen (secondary N) is 1. The summed E-state index contributed by atoms with van der Waals surface area (Å²) >= 11 is 3.40. The Balaban J connectivity index is 2.39. The maximum absolute atomic E-state index is 11.5. The highest BCUT2D eigenvalue weighted by atomic mass is 79.9. The molecule has 2 rings (SSSR count). The standard InChI is InChI=1S/C14H12BrNO/c1-16-14(17)12-4-2-3-11(9-12)10-5-7-13(15)8-6-10/h2-9H,1H3,(H,16,17). The fraction of sp³-hybridized carbons (Fsp3) is 0.0714. The van der Waals surface area contributed by atoms with Crippen molar-refractivity contribution in [2.75, 3.05) is 7.05 Å². The van der Waals surface area contributed by atoms with Gasteiger partial charge in [-0.05, 0) is 35.4 Å². The number of rotatable bonds is 2. The lowest BCUT2D eigenvalue weighted by Crippen LogP contribution is -2.17. The van der Waals surface area contributed by atoms with Crippen molar-refractivity contribution < 1.29 is 4.79 Å². The molecule has 2 aromatic carbocycles. The van der Waals surface area contributed by atoms with Gasteiger partial charge in [0.15, 0.2) is 0 Å². The molecule has 0 fully saturated rings. The molecule has 3 heteroatoms. The normalized spacial score (nSPS) is 10.0. The minimum absolute atomic E-state index is 0.0658. The topological polar surface area (TPSA) is 29.1 Å². The molecular weight excluding hydrogens is 278 g/mol. The number of carbonyl (C=O) groups is 1. The second kappa shape index (κ2) is 5.15. The van der Waals surface area contributed by atoms with Gasteiger partial charge in [-0.15, -0.1) is 0 Å². The molecule has 86 valence electrons. The molecule has 0 bridgehead atoms. The number of hydrogen-bond acceptors (Lipinski definition) is 1. The predicted molar refractivity (Wildman–Crippen MR) is 73.0 cm³/mol. The Kier molecular flexibility index (Phi) is 3.59. The monoisotopic (exact) mass is 289 g/mol. The van der Waals surface area contributed by atoms with Gasteiger partial charge in [-0.3, -0.25) is 4.79 Å². The van der Waals surface area contributed by atoms with E-state index in [1.807, 2.05) is 42.5 Å². The molecule has 0 spiro atoms. The molecule has 0 aliphatic heterocycles. The van der Waals surface area contributed by atoms with Gasteiger partial charge in [0.1, 0.15) is 0 Å². The molecule has 1 N–H and O–H groups in total. The molecule has 0 heterocycles. The summed E-state index contributed by atoms with van der Waals surface area (Å²) in [5.74, 6) is -0.0658. The van der Waals surface area contributed by atoms with Crippen LogP contribution in [0.3, 0.4) is 0 Å². The van der Waals surface area contributed by atoms with Crippen LogP contribution in [0.5, 0.6) is 0 Å². The summed E-state index contributed by atoms with van der Waals surface area (Å²) in [6, 6.07) is 15.6. The molecule has 17 heavy (non-hydrogen) atoms. The van der Waals surface area contributed by atoms with Crippen LogP contribution in [0.4, 0.5) is 0 Å². The van der Waals surface area contributed by atoms with Crippen molar-refractivity contribution >= 4 is 21.8 Å². The highest BCUT2D eigenvalue weighted by molar-refractivity contribution is 9.10. The number of hydrogen-bond donors (Lipinski definition) is 1. The van der Waals surface area contributed by atoms with Crippen molar-refractivity contribution in [1.29, 1.82) is 0 Å². The van der Waals surface area contributed by atoms with Crippen LogP contribution in [0.15, 0.2) is 53.0 Å². The first kappa shape index (κ1) is 11.9. The molecule has 0 atom stereocenters. The first-order valence-electron chi connectivity index (χ1n) is 5.29. The van der Waals surface area contributed by atoms with Crippen molar-refractivity contribution in [3.8, 4) is 11.1 Å². The molecular formula is C14H12BrNO. The molecule has 0 saturated heterocycles. The van der Waals surface area contributed by atoms with E-state index in [4.69, 9.17) is 0 Å². The maximum atomic E-state index is 11.5. The van der Waals surface area contributed by atoms with Crippen LogP contribution in [0, 0.1) is 0 Å². The minimum atomic E-state index is -0.0658. The van der Waals surface area contributed by atoms with Gasteiger partial charge in [-0.2, -0.15) is 0 Å². The smallest absolute Gasteiger partial charge is 0.251 e. The summed E-state index contributed by atoms with van der Waals surface area (Å²) < 4.78 is 1.05. The van der Waals surface area contributed by atoms with E-state index in [2.05, 4.69) is 21.2 Å². The highest BCUT2D eigenvalue weighted by Crippen LogP contribution is 2.22. The average Bonchev–Trinajstić information content (AvgIpc) is 2.39. The van der Waals surface area contributed by atoms with Crippen LogP contribution in [-0.4, -0.2) is 13.0 Å². The van der Waals surface area contributed by atoms with E-state index in [1.54, 1.807) is 13.1 Å². The minimum Gasteiger partial charge on any atom is -0.355 e. The van der Waals surface area contributed by atoms with Crippen molar-refractivity contribution in [3.05, 3.63) is 58.6 Å². The molecule has 0 radical (unpaired) electrons. The van der Waals surface area contributed by atoms with E-state index in [-0.39, 0.29) is 5.91 Å². The maximum Gasteiger partial charge on any atom is 0.251 e. The average molecular weight is 290 g/mol. The summed E-state index contributed by atoms with van der Waals surface area (Å²) in [6.07, 6.45) is 0. The zero-order valence-electron chi connectivity index (χ0n) is 9.41. The summed E-state index contributed by atoms with van der Waals surface area (Å²) in [6.45, 7) is 0. The third-order valence-corrected chi connectivity index (χ3v) is 3.06.